The molecule has 0 saturated heterocycles. The summed E-state index contributed by atoms with van der Waals surface area (Å²) in [6.45, 7) is 3.99. The van der Waals surface area contributed by atoms with Crippen molar-refractivity contribution in [2.45, 2.75) is 26.3 Å². The summed E-state index contributed by atoms with van der Waals surface area (Å²) in [6.07, 6.45) is 2.25. The fourth-order valence-corrected chi connectivity index (χ4v) is 1.85. The highest BCUT2D eigenvalue weighted by Gasteiger charge is 2.29. The van der Waals surface area contributed by atoms with Crippen molar-refractivity contribution in [2.75, 3.05) is 14.2 Å². The van der Waals surface area contributed by atoms with Gasteiger partial charge in [0, 0.05) is 20.3 Å². The lowest BCUT2D eigenvalue weighted by Gasteiger charge is -2.26. The van der Waals surface area contributed by atoms with Crippen molar-refractivity contribution in [3.63, 3.8) is 0 Å². The van der Waals surface area contributed by atoms with E-state index in [9.17, 15) is 9.59 Å². The van der Waals surface area contributed by atoms with Gasteiger partial charge in [0.2, 0.25) is 0 Å². The molecule has 0 N–H and O–H groups in total. The van der Waals surface area contributed by atoms with Gasteiger partial charge in [-0.1, -0.05) is 13.8 Å². The van der Waals surface area contributed by atoms with E-state index in [1.54, 1.807) is 31.0 Å². The van der Waals surface area contributed by atoms with E-state index in [-0.39, 0.29) is 11.8 Å². The van der Waals surface area contributed by atoms with Gasteiger partial charge in [0.15, 0.2) is 0 Å². The summed E-state index contributed by atoms with van der Waals surface area (Å²) in [6, 6.07) is 1.04. The Kier molecular flexibility index (Phi) is 5.09. The summed E-state index contributed by atoms with van der Waals surface area (Å²) >= 11 is 0. The molecule has 0 saturated carbocycles. The highest BCUT2D eigenvalue weighted by molar-refractivity contribution is 5.94. The number of hydrogen-bond donors (Lipinski definition) is 0. The zero-order chi connectivity index (χ0) is 14.6. The van der Waals surface area contributed by atoms with Crippen molar-refractivity contribution in [1.82, 2.24) is 14.7 Å². The number of aromatic nitrogens is 2. The number of ether oxygens (including phenoxy) is 1. The molecule has 0 unspecified atom stereocenters. The van der Waals surface area contributed by atoms with Crippen molar-refractivity contribution in [3.05, 3.63) is 18.0 Å². The monoisotopic (exact) mass is 267 g/mol. The van der Waals surface area contributed by atoms with Crippen LogP contribution in [-0.4, -0.2) is 46.8 Å². The highest BCUT2D eigenvalue weighted by atomic mass is 16.5. The van der Waals surface area contributed by atoms with Crippen molar-refractivity contribution < 1.29 is 14.3 Å². The molecular weight excluding hydrogens is 246 g/mol. The zero-order valence-electron chi connectivity index (χ0n) is 12.1. The van der Waals surface area contributed by atoms with Crippen LogP contribution in [0.3, 0.4) is 0 Å². The predicted octanol–water partition coefficient (Wildman–Crippen LogP) is 1.08. The lowest BCUT2D eigenvalue weighted by molar-refractivity contribution is -0.146. The minimum atomic E-state index is -0.584. The number of methoxy groups -OCH3 is 1. The van der Waals surface area contributed by atoms with Gasteiger partial charge in [-0.2, -0.15) is 5.10 Å². The first-order valence-electron chi connectivity index (χ1n) is 6.21. The van der Waals surface area contributed by atoms with Gasteiger partial charge in [-0.05, 0) is 18.4 Å². The Morgan fingerprint density at radius 1 is 1.47 bits per heavy atom. The molecule has 1 heterocycles. The highest BCUT2D eigenvalue weighted by Crippen LogP contribution is 2.14. The van der Waals surface area contributed by atoms with Crippen molar-refractivity contribution in [2.24, 2.45) is 13.0 Å². The minimum absolute atomic E-state index is 0.281. The molecule has 1 aromatic heterocycles. The number of nitrogens with zero attached hydrogens (tertiary/aromatic N) is 3. The molecule has 0 spiro atoms. The molecule has 0 fully saturated rings. The van der Waals surface area contributed by atoms with Crippen LogP contribution >= 0.6 is 0 Å². The normalized spacial score (nSPS) is 12.3. The van der Waals surface area contributed by atoms with E-state index in [0.29, 0.717) is 12.1 Å². The van der Waals surface area contributed by atoms with E-state index in [1.165, 1.54) is 12.0 Å². The number of aryl methyl sites for hydroxylation is 1. The summed E-state index contributed by atoms with van der Waals surface area (Å²) < 4.78 is 6.32. The van der Waals surface area contributed by atoms with E-state index in [1.807, 2.05) is 13.8 Å². The van der Waals surface area contributed by atoms with Crippen molar-refractivity contribution in [3.8, 4) is 0 Å². The molecule has 19 heavy (non-hydrogen) atoms. The quantitative estimate of drug-likeness (QED) is 0.749. The van der Waals surface area contributed by atoms with Gasteiger partial charge in [-0.3, -0.25) is 9.48 Å². The van der Waals surface area contributed by atoms with Gasteiger partial charge in [-0.15, -0.1) is 0 Å². The molecular formula is C13H21N3O3. The Hall–Kier alpha value is -1.85. The predicted molar refractivity (Wildman–Crippen MR) is 70.6 cm³/mol. The lowest BCUT2D eigenvalue weighted by Crippen LogP contribution is -2.44. The molecule has 0 bridgehead atoms. The zero-order valence-corrected chi connectivity index (χ0v) is 12.1. The Labute approximate surface area is 113 Å². The number of carbonyl (C=O) groups excluding carboxylic acids is 2. The Morgan fingerprint density at radius 2 is 2.11 bits per heavy atom. The molecule has 6 heteroatoms. The first-order chi connectivity index (χ1) is 8.86. The third-order valence-electron chi connectivity index (χ3n) is 2.89. The van der Waals surface area contributed by atoms with Crippen molar-refractivity contribution in [1.29, 1.82) is 0 Å². The van der Waals surface area contributed by atoms with Gasteiger partial charge < -0.3 is 9.64 Å². The van der Waals surface area contributed by atoms with Gasteiger partial charge in [0.1, 0.15) is 11.7 Å². The van der Waals surface area contributed by atoms with Crippen LogP contribution in [0.1, 0.15) is 30.8 Å². The van der Waals surface area contributed by atoms with Crippen LogP contribution in [0.5, 0.6) is 0 Å². The smallest absolute Gasteiger partial charge is 0.328 e. The number of carbonyl (C=O) groups is 2. The molecule has 106 valence electrons. The third kappa shape index (κ3) is 3.81. The van der Waals surface area contributed by atoms with Gasteiger partial charge in [-0.25, -0.2) is 4.79 Å². The first-order valence-corrected chi connectivity index (χ1v) is 6.21. The summed E-state index contributed by atoms with van der Waals surface area (Å²) in [7, 11) is 4.67. The SMILES string of the molecule is COC(=O)[C@H](CC(C)C)N(C)C(=O)c1ccn(C)n1. The van der Waals surface area contributed by atoms with E-state index in [2.05, 4.69) is 5.10 Å². The summed E-state index contributed by atoms with van der Waals surface area (Å²) in [5.74, 6) is -0.403. The largest absolute Gasteiger partial charge is 0.467 e. The van der Waals surface area contributed by atoms with Crippen LogP contribution < -0.4 is 0 Å². The summed E-state index contributed by atoms with van der Waals surface area (Å²) in [5.41, 5.74) is 0.322. The number of esters is 1. The number of hydrogen-bond acceptors (Lipinski definition) is 4. The van der Waals surface area contributed by atoms with E-state index in [4.69, 9.17) is 4.74 Å². The van der Waals surface area contributed by atoms with Crippen molar-refractivity contribution >= 4 is 11.9 Å². The molecule has 0 aliphatic carbocycles. The van der Waals surface area contributed by atoms with E-state index >= 15 is 0 Å². The van der Waals surface area contributed by atoms with Gasteiger partial charge in [0.25, 0.3) is 5.91 Å². The maximum absolute atomic E-state index is 12.2. The maximum atomic E-state index is 12.2. The fourth-order valence-electron chi connectivity index (χ4n) is 1.85. The van der Waals surface area contributed by atoms with Gasteiger partial charge in [0.05, 0.1) is 7.11 Å². The minimum Gasteiger partial charge on any atom is -0.467 e. The summed E-state index contributed by atoms with van der Waals surface area (Å²) in [5, 5.41) is 4.05. The molecule has 1 atom stereocenters. The average Bonchev–Trinajstić information content (AvgIpc) is 2.79. The van der Waals surface area contributed by atoms with Crippen LogP contribution in [0.25, 0.3) is 0 Å². The van der Waals surface area contributed by atoms with Crippen LogP contribution in [0, 0.1) is 5.92 Å². The van der Waals surface area contributed by atoms with E-state index < -0.39 is 12.0 Å². The van der Waals surface area contributed by atoms with Crippen LogP contribution in [-0.2, 0) is 16.6 Å². The van der Waals surface area contributed by atoms with Crippen LogP contribution in [0.2, 0.25) is 0 Å². The first kappa shape index (κ1) is 15.2. The Balaban J connectivity index is 2.89. The standard InChI is InChI=1S/C13H21N3O3/c1-9(2)8-11(13(18)19-5)16(4)12(17)10-6-7-15(3)14-10/h6-7,9,11H,8H2,1-5H3/t11-/m0/s1. The molecule has 0 aliphatic rings. The van der Waals surface area contributed by atoms with Gasteiger partial charge >= 0.3 is 5.97 Å². The molecule has 0 aromatic carbocycles. The maximum Gasteiger partial charge on any atom is 0.328 e. The molecule has 1 rings (SSSR count). The molecule has 6 nitrogen and oxygen atoms in total. The molecule has 1 aromatic rings. The number of likely N-dealkylation sites (N-methyl/N-ethyl adjacent to an activating group) is 1. The second-order valence-electron chi connectivity index (χ2n) is 4.96. The average molecular weight is 267 g/mol. The number of amides is 1. The second kappa shape index (κ2) is 6.36. The second-order valence-corrected chi connectivity index (χ2v) is 4.96. The molecule has 1 amide bonds. The Bertz CT molecular complexity index is 454. The lowest BCUT2D eigenvalue weighted by atomic mass is 10.0. The van der Waals surface area contributed by atoms with Crippen LogP contribution in [0.4, 0.5) is 0 Å². The molecule has 0 aliphatic heterocycles. The van der Waals surface area contributed by atoms with Crippen LogP contribution in [0.15, 0.2) is 12.3 Å². The van der Waals surface area contributed by atoms with E-state index in [0.717, 1.165) is 0 Å². The molecule has 0 radical (unpaired) electrons. The Morgan fingerprint density at radius 3 is 2.53 bits per heavy atom. The topological polar surface area (TPSA) is 64.4 Å². The summed E-state index contributed by atoms with van der Waals surface area (Å²) in [4.78, 5) is 25.4. The third-order valence-corrected chi connectivity index (χ3v) is 2.89. The number of rotatable bonds is 5. The fraction of sp³-hybridized carbons (Fsp3) is 0.615.